The van der Waals surface area contributed by atoms with Crippen LogP contribution >= 0.6 is 15.9 Å². The lowest BCUT2D eigenvalue weighted by Crippen LogP contribution is -2.29. The first kappa shape index (κ1) is 17.6. The van der Waals surface area contributed by atoms with Crippen molar-refractivity contribution in [2.24, 2.45) is 0 Å². The molecule has 2 heterocycles. The van der Waals surface area contributed by atoms with Gasteiger partial charge in [0.2, 0.25) is 0 Å². The molecule has 0 saturated heterocycles. The molecule has 3 aromatic carbocycles. The fraction of sp³-hybridized carbons (Fsp3) is 0. The molecule has 5 rings (SSSR count). The second-order valence-electron chi connectivity index (χ2n) is 6.56. The molecular formula is C23H13BrN2O3. The Morgan fingerprint density at radius 2 is 1.55 bits per heavy atom. The summed E-state index contributed by atoms with van der Waals surface area (Å²) in [6, 6.07) is 21.3. The molecule has 5 nitrogen and oxygen atoms in total. The SMILES string of the molecule is O=C1c2ccc(Oc3ccc(Br)cc3)cc2C(=O)N1c1cccc2ncccc12. The summed E-state index contributed by atoms with van der Waals surface area (Å²) in [5.74, 6) is 0.412. The highest BCUT2D eigenvalue weighted by Gasteiger charge is 2.37. The highest BCUT2D eigenvalue weighted by Crippen LogP contribution is 2.35. The Morgan fingerprint density at radius 1 is 0.793 bits per heavy atom. The zero-order valence-corrected chi connectivity index (χ0v) is 16.6. The van der Waals surface area contributed by atoms with Crippen molar-refractivity contribution in [1.82, 2.24) is 4.98 Å². The number of rotatable bonds is 3. The van der Waals surface area contributed by atoms with E-state index in [1.165, 1.54) is 4.90 Å². The molecule has 140 valence electrons. The molecule has 0 atom stereocenters. The van der Waals surface area contributed by atoms with Crippen molar-refractivity contribution in [3.63, 3.8) is 0 Å². The van der Waals surface area contributed by atoms with E-state index in [1.807, 2.05) is 36.4 Å². The highest BCUT2D eigenvalue weighted by atomic mass is 79.9. The summed E-state index contributed by atoms with van der Waals surface area (Å²) >= 11 is 3.38. The number of amides is 2. The van der Waals surface area contributed by atoms with Crippen LogP contribution in [0.1, 0.15) is 20.7 Å². The second kappa shape index (κ2) is 6.83. The third kappa shape index (κ3) is 2.98. The number of benzene rings is 3. The normalized spacial score (nSPS) is 13.1. The first-order chi connectivity index (χ1) is 14.1. The van der Waals surface area contributed by atoms with Gasteiger partial charge in [-0.25, -0.2) is 4.90 Å². The predicted molar refractivity (Wildman–Crippen MR) is 114 cm³/mol. The molecule has 2 amide bonds. The molecule has 29 heavy (non-hydrogen) atoms. The summed E-state index contributed by atoms with van der Waals surface area (Å²) in [5.41, 5.74) is 1.93. The van der Waals surface area contributed by atoms with E-state index >= 15 is 0 Å². The predicted octanol–water partition coefficient (Wildman–Crippen LogP) is 5.59. The topological polar surface area (TPSA) is 59.5 Å². The van der Waals surface area contributed by atoms with Gasteiger partial charge in [-0.05, 0) is 66.7 Å². The summed E-state index contributed by atoms with van der Waals surface area (Å²) in [6.07, 6.45) is 1.68. The van der Waals surface area contributed by atoms with Gasteiger partial charge in [0.25, 0.3) is 11.8 Å². The Balaban J connectivity index is 1.53. The van der Waals surface area contributed by atoms with Crippen LogP contribution in [0.25, 0.3) is 10.9 Å². The van der Waals surface area contributed by atoms with E-state index in [4.69, 9.17) is 4.74 Å². The number of hydrogen-bond acceptors (Lipinski definition) is 4. The number of anilines is 1. The van der Waals surface area contributed by atoms with E-state index in [-0.39, 0.29) is 11.8 Å². The third-order valence-electron chi connectivity index (χ3n) is 4.77. The van der Waals surface area contributed by atoms with Crippen molar-refractivity contribution < 1.29 is 14.3 Å². The first-order valence-electron chi connectivity index (χ1n) is 8.92. The van der Waals surface area contributed by atoms with E-state index in [2.05, 4.69) is 20.9 Å². The van der Waals surface area contributed by atoms with Gasteiger partial charge < -0.3 is 4.74 Å². The monoisotopic (exact) mass is 444 g/mol. The van der Waals surface area contributed by atoms with Crippen LogP contribution < -0.4 is 9.64 Å². The van der Waals surface area contributed by atoms with Gasteiger partial charge in [-0.1, -0.05) is 22.0 Å². The maximum absolute atomic E-state index is 13.1. The van der Waals surface area contributed by atoms with Crippen molar-refractivity contribution in [2.45, 2.75) is 0 Å². The maximum Gasteiger partial charge on any atom is 0.266 e. The average molecular weight is 445 g/mol. The number of aromatic nitrogens is 1. The smallest absolute Gasteiger partial charge is 0.266 e. The number of imide groups is 1. The maximum atomic E-state index is 13.1. The van der Waals surface area contributed by atoms with E-state index in [9.17, 15) is 9.59 Å². The van der Waals surface area contributed by atoms with E-state index in [1.54, 1.807) is 42.6 Å². The Labute approximate surface area is 174 Å². The van der Waals surface area contributed by atoms with Gasteiger partial charge >= 0.3 is 0 Å². The van der Waals surface area contributed by atoms with E-state index in [0.717, 1.165) is 15.4 Å². The zero-order valence-electron chi connectivity index (χ0n) is 15.0. The van der Waals surface area contributed by atoms with Gasteiger partial charge in [-0.15, -0.1) is 0 Å². The first-order valence-corrected chi connectivity index (χ1v) is 9.71. The molecule has 6 heteroatoms. The van der Waals surface area contributed by atoms with Crippen LogP contribution in [0.5, 0.6) is 11.5 Å². The molecule has 1 aliphatic rings. The minimum Gasteiger partial charge on any atom is -0.457 e. The molecule has 0 unspecified atom stereocenters. The lowest BCUT2D eigenvalue weighted by atomic mass is 10.1. The van der Waals surface area contributed by atoms with Gasteiger partial charge in [0.15, 0.2) is 0 Å². The number of carbonyl (C=O) groups excluding carboxylic acids is 2. The number of carbonyl (C=O) groups is 2. The van der Waals surface area contributed by atoms with Crippen LogP contribution in [0.15, 0.2) is 83.5 Å². The molecule has 0 fully saturated rings. The number of hydrogen-bond donors (Lipinski definition) is 0. The third-order valence-corrected chi connectivity index (χ3v) is 5.30. The summed E-state index contributed by atoms with van der Waals surface area (Å²) in [5, 5.41) is 0.746. The van der Waals surface area contributed by atoms with Crippen LogP contribution in [0, 0.1) is 0 Å². The lowest BCUT2D eigenvalue weighted by molar-refractivity contribution is 0.0926. The van der Waals surface area contributed by atoms with Crippen molar-refractivity contribution in [3.8, 4) is 11.5 Å². The zero-order chi connectivity index (χ0) is 20.0. The Hall–Kier alpha value is -3.51. The molecule has 1 aliphatic heterocycles. The summed E-state index contributed by atoms with van der Waals surface area (Å²) < 4.78 is 6.78. The molecule has 0 N–H and O–H groups in total. The molecule has 0 spiro atoms. The van der Waals surface area contributed by atoms with Crippen molar-refractivity contribution in [1.29, 1.82) is 0 Å². The number of nitrogens with zero attached hydrogens (tertiary/aromatic N) is 2. The van der Waals surface area contributed by atoms with Crippen LogP contribution in [-0.4, -0.2) is 16.8 Å². The summed E-state index contributed by atoms with van der Waals surface area (Å²) in [6.45, 7) is 0. The van der Waals surface area contributed by atoms with Crippen molar-refractivity contribution >= 4 is 44.3 Å². The fourth-order valence-corrected chi connectivity index (χ4v) is 3.69. The Bertz CT molecular complexity index is 1280. The minimum absolute atomic E-state index is 0.325. The Kier molecular flexibility index (Phi) is 4.14. The summed E-state index contributed by atoms with van der Waals surface area (Å²) in [4.78, 5) is 31.6. The molecule has 0 radical (unpaired) electrons. The second-order valence-corrected chi connectivity index (χ2v) is 7.47. The molecule has 4 aromatic rings. The number of halogens is 1. The van der Waals surface area contributed by atoms with Gasteiger partial charge in [0.1, 0.15) is 11.5 Å². The molecule has 1 aromatic heterocycles. The molecule has 0 aliphatic carbocycles. The van der Waals surface area contributed by atoms with E-state index in [0.29, 0.717) is 28.3 Å². The quantitative estimate of drug-likeness (QED) is 0.386. The van der Waals surface area contributed by atoms with Crippen LogP contribution in [0.2, 0.25) is 0 Å². The molecule has 0 saturated carbocycles. The fourth-order valence-electron chi connectivity index (χ4n) is 3.42. The van der Waals surface area contributed by atoms with Gasteiger partial charge in [0.05, 0.1) is 22.3 Å². The lowest BCUT2D eigenvalue weighted by Gasteiger charge is -2.16. The van der Waals surface area contributed by atoms with Gasteiger partial charge in [-0.3, -0.25) is 14.6 Å². The number of fused-ring (bicyclic) bond motifs is 2. The standard InChI is InChI=1S/C23H13BrN2O3/c24-14-6-8-15(9-7-14)29-16-10-11-17-19(13-16)23(28)26(22(17)27)21-5-1-4-20-18(21)3-2-12-25-20/h1-13H. The average Bonchev–Trinajstić information content (AvgIpc) is 2.99. The van der Waals surface area contributed by atoms with Gasteiger partial charge in [-0.2, -0.15) is 0 Å². The van der Waals surface area contributed by atoms with Crippen molar-refractivity contribution in [3.05, 3.63) is 94.6 Å². The highest BCUT2D eigenvalue weighted by molar-refractivity contribution is 9.10. The van der Waals surface area contributed by atoms with Crippen LogP contribution in [-0.2, 0) is 0 Å². The van der Waals surface area contributed by atoms with E-state index < -0.39 is 0 Å². The largest absolute Gasteiger partial charge is 0.457 e. The van der Waals surface area contributed by atoms with Crippen LogP contribution in [0.3, 0.4) is 0 Å². The molecular weight excluding hydrogens is 432 g/mol. The van der Waals surface area contributed by atoms with Crippen molar-refractivity contribution in [2.75, 3.05) is 4.90 Å². The number of pyridine rings is 1. The molecule has 0 bridgehead atoms. The van der Waals surface area contributed by atoms with Gasteiger partial charge in [0, 0.05) is 16.1 Å². The minimum atomic E-state index is -0.373. The number of ether oxygens (including phenoxy) is 1. The van der Waals surface area contributed by atoms with Crippen LogP contribution in [0.4, 0.5) is 5.69 Å². The Morgan fingerprint density at radius 3 is 2.38 bits per heavy atom. The summed E-state index contributed by atoms with van der Waals surface area (Å²) in [7, 11) is 0.